The number of methoxy groups -OCH3 is 1. The number of hydrogen-bond acceptors (Lipinski definition) is 6. The number of aromatic nitrogens is 2. The van der Waals surface area contributed by atoms with E-state index in [0.717, 1.165) is 69.2 Å². The second kappa shape index (κ2) is 8.04. The van der Waals surface area contributed by atoms with Crippen LogP contribution in [0.2, 0.25) is 0 Å². The maximum atomic E-state index is 12.7. The topological polar surface area (TPSA) is 61.8 Å². The fourth-order valence-corrected chi connectivity index (χ4v) is 3.92. The highest BCUT2D eigenvalue weighted by Gasteiger charge is 2.25. The van der Waals surface area contributed by atoms with Gasteiger partial charge in [-0.05, 0) is 38.0 Å². The first-order valence-corrected chi connectivity index (χ1v) is 9.93. The Kier molecular flexibility index (Phi) is 5.32. The van der Waals surface area contributed by atoms with Crippen LogP contribution in [0.4, 0.5) is 11.6 Å². The Balaban J connectivity index is 1.48. The molecule has 0 radical (unpaired) electrons. The van der Waals surface area contributed by atoms with Crippen molar-refractivity contribution in [3.8, 4) is 5.75 Å². The molecule has 1 aromatic heterocycles. The third kappa shape index (κ3) is 3.74. The third-order valence-electron chi connectivity index (χ3n) is 5.44. The van der Waals surface area contributed by atoms with Gasteiger partial charge in [-0.1, -0.05) is 12.1 Å². The van der Waals surface area contributed by atoms with Crippen molar-refractivity contribution in [1.82, 2.24) is 14.9 Å². The lowest BCUT2D eigenvalue weighted by Gasteiger charge is -2.36. The maximum absolute atomic E-state index is 12.7. The highest BCUT2D eigenvalue weighted by molar-refractivity contribution is 5.92. The third-order valence-corrected chi connectivity index (χ3v) is 5.44. The molecule has 2 fully saturated rings. The van der Waals surface area contributed by atoms with E-state index < -0.39 is 0 Å². The highest BCUT2D eigenvalue weighted by atomic mass is 16.5. The molecular formula is C21H27N5O2. The van der Waals surface area contributed by atoms with E-state index in [1.165, 1.54) is 0 Å². The minimum atomic E-state index is 0.0249. The van der Waals surface area contributed by atoms with Gasteiger partial charge in [-0.15, -0.1) is 0 Å². The molecule has 2 saturated heterocycles. The second-order valence-electron chi connectivity index (χ2n) is 7.34. The van der Waals surface area contributed by atoms with Gasteiger partial charge in [-0.2, -0.15) is 0 Å². The van der Waals surface area contributed by atoms with Crippen molar-refractivity contribution in [2.24, 2.45) is 0 Å². The zero-order chi connectivity index (χ0) is 19.5. The molecule has 0 unspecified atom stereocenters. The Labute approximate surface area is 165 Å². The van der Waals surface area contributed by atoms with Gasteiger partial charge in [-0.25, -0.2) is 9.97 Å². The zero-order valence-electron chi connectivity index (χ0n) is 16.6. The Morgan fingerprint density at radius 1 is 0.964 bits per heavy atom. The largest absolute Gasteiger partial charge is 0.495 e. The summed E-state index contributed by atoms with van der Waals surface area (Å²) in [6, 6.07) is 9.89. The van der Waals surface area contributed by atoms with Crippen molar-refractivity contribution in [1.29, 1.82) is 0 Å². The van der Waals surface area contributed by atoms with Gasteiger partial charge < -0.3 is 19.4 Å². The van der Waals surface area contributed by atoms with Gasteiger partial charge in [0.1, 0.15) is 11.4 Å². The maximum Gasteiger partial charge on any atom is 0.272 e. The second-order valence-corrected chi connectivity index (χ2v) is 7.34. The van der Waals surface area contributed by atoms with E-state index in [9.17, 15) is 4.79 Å². The van der Waals surface area contributed by atoms with Crippen molar-refractivity contribution in [3.63, 3.8) is 0 Å². The average Bonchev–Trinajstić information content (AvgIpc) is 3.28. The number of nitrogens with zero attached hydrogens (tertiary/aromatic N) is 5. The number of rotatable bonds is 4. The predicted molar refractivity (Wildman–Crippen MR) is 109 cm³/mol. The number of carbonyl (C=O) groups is 1. The summed E-state index contributed by atoms with van der Waals surface area (Å²) in [4.78, 5) is 28.3. The summed E-state index contributed by atoms with van der Waals surface area (Å²) in [7, 11) is 1.70. The van der Waals surface area contributed by atoms with E-state index in [0.29, 0.717) is 11.6 Å². The molecule has 1 amide bonds. The fraction of sp³-hybridized carbons (Fsp3) is 0.476. The summed E-state index contributed by atoms with van der Waals surface area (Å²) < 4.78 is 5.49. The van der Waals surface area contributed by atoms with Gasteiger partial charge >= 0.3 is 0 Å². The summed E-state index contributed by atoms with van der Waals surface area (Å²) in [5, 5.41) is 0. The lowest BCUT2D eigenvalue weighted by Crippen LogP contribution is -2.47. The Morgan fingerprint density at radius 3 is 2.36 bits per heavy atom. The number of aryl methyl sites for hydroxylation is 1. The van der Waals surface area contributed by atoms with Gasteiger partial charge in [0.2, 0.25) is 5.95 Å². The van der Waals surface area contributed by atoms with Crippen LogP contribution < -0.4 is 14.5 Å². The Bertz CT molecular complexity index is 842. The molecule has 148 valence electrons. The number of para-hydroxylation sites is 2. The monoisotopic (exact) mass is 381 g/mol. The molecule has 2 aliphatic rings. The molecule has 7 heteroatoms. The van der Waals surface area contributed by atoms with Gasteiger partial charge in [-0.3, -0.25) is 4.79 Å². The molecule has 2 aromatic rings. The molecule has 0 saturated carbocycles. The number of likely N-dealkylation sites (tertiary alicyclic amines) is 1. The van der Waals surface area contributed by atoms with Gasteiger partial charge in [0.15, 0.2) is 0 Å². The van der Waals surface area contributed by atoms with Crippen LogP contribution >= 0.6 is 0 Å². The van der Waals surface area contributed by atoms with Gasteiger partial charge in [0.25, 0.3) is 5.91 Å². The minimum absolute atomic E-state index is 0.0249. The van der Waals surface area contributed by atoms with Crippen LogP contribution in [0.5, 0.6) is 5.75 Å². The van der Waals surface area contributed by atoms with Crippen molar-refractivity contribution in [2.45, 2.75) is 19.8 Å². The Morgan fingerprint density at radius 2 is 1.64 bits per heavy atom. The number of hydrogen-bond donors (Lipinski definition) is 0. The number of piperazine rings is 1. The fourth-order valence-electron chi connectivity index (χ4n) is 3.92. The molecule has 28 heavy (non-hydrogen) atoms. The van der Waals surface area contributed by atoms with E-state index in [2.05, 4.69) is 25.8 Å². The number of carbonyl (C=O) groups excluding carboxylic acids is 1. The molecule has 4 rings (SSSR count). The van der Waals surface area contributed by atoms with Crippen LogP contribution in [-0.2, 0) is 0 Å². The van der Waals surface area contributed by atoms with Crippen LogP contribution in [0, 0.1) is 6.92 Å². The van der Waals surface area contributed by atoms with Crippen molar-refractivity contribution in [2.75, 3.05) is 56.2 Å². The molecule has 1 aromatic carbocycles. The first-order valence-electron chi connectivity index (χ1n) is 9.93. The molecule has 3 heterocycles. The number of benzene rings is 1. The Hall–Kier alpha value is -2.83. The van der Waals surface area contributed by atoms with Crippen LogP contribution in [0.1, 0.15) is 29.0 Å². The minimum Gasteiger partial charge on any atom is -0.495 e. The van der Waals surface area contributed by atoms with E-state index in [1.54, 1.807) is 13.2 Å². The van der Waals surface area contributed by atoms with E-state index in [1.807, 2.05) is 30.0 Å². The molecule has 0 spiro atoms. The molecular weight excluding hydrogens is 354 g/mol. The summed E-state index contributed by atoms with van der Waals surface area (Å²) >= 11 is 0. The first kappa shape index (κ1) is 18.5. The van der Waals surface area contributed by atoms with Gasteiger partial charge in [0.05, 0.1) is 12.8 Å². The molecule has 0 bridgehead atoms. The van der Waals surface area contributed by atoms with Crippen molar-refractivity contribution < 1.29 is 9.53 Å². The normalized spacial score (nSPS) is 17.1. The smallest absolute Gasteiger partial charge is 0.272 e. The molecule has 2 aliphatic heterocycles. The van der Waals surface area contributed by atoms with Crippen molar-refractivity contribution >= 4 is 17.5 Å². The summed E-state index contributed by atoms with van der Waals surface area (Å²) in [6.45, 7) is 6.90. The first-order chi connectivity index (χ1) is 13.7. The summed E-state index contributed by atoms with van der Waals surface area (Å²) in [6.07, 6.45) is 2.15. The standard InChI is InChI=1S/C21H27N5O2/c1-16-15-17(20(27)25-9-5-6-10-25)23-21(22-16)26-13-11-24(12-14-26)18-7-3-4-8-19(18)28-2/h3-4,7-8,15H,5-6,9-14H2,1-2H3. The van der Waals surface area contributed by atoms with Crippen LogP contribution in [0.15, 0.2) is 30.3 Å². The van der Waals surface area contributed by atoms with E-state index >= 15 is 0 Å². The quantitative estimate of drug-likeness (QED) is 0.810. The average molecular weight is 381 g/mol. The lowest BCUT2D eigenvalue weighted by molar-refractivity contribution is 0.0786. The molecule has 7 nitrogen and oxygen atoms in total. The predicted octanol–water partition coefficient (Wildman–Crippen LogP) is 2.36. The van der Waals surface area contributed by atoms with Crippen molar-refractivity contribution in [3.05, 3.63) is 41.7 Å². The SMILES string of the molecule is COc1ccccc1N1CCN(c2nc(C)cc(C(=O)N3CCCC3)n2)CC1. The molecule has 0 aliphatic carbocycles. The van der Waals surface area contributed by atoms with Crippen LogP contribution in [-0.4, -0.2) is 67.2 Å². The van der Waals surface area contributed by atoms with Crippen LogP contribution in [0.25, 0.3) is 0 Å². The van der Waals surface area contributed by atoms with E-state index in [-0.39, 0.29) is 5.91 Å². The summed E-state index contributed by atoms with van der Waals surface area (Å²) in [5.74, 6) is 1.57. The van der Waals surface area contributed by atoms with Crippen LogP contribution in [0.3, 0.4) is 0 Å². The van der Waals surface area contributed by atoms with Gasteiger partial charge in [0, 0.05) is 45.0 Å². The highest BCUT2D eigenvalue weighted by Crippen LogP contribution is 2.29. The zero-order valence-corrected chi connectivity index (χ0v) is 16.6. The molecule has 0 atom stereocenters. The lowest BCUT2D eigenvalue weighted by atomic mass is 10.2. The molecule has 0 N–H and O–H groups in total. The summed E-state index contributed by atoms with van der Waals surface area (Å²) in [5.41, 5.74) is 2.45. The van der Waals surface area contributed by atoms with E-state index in [4.69, 9.17) is 4.74 Å². The number of amides is 1. The number of anilines is 2. The number of ether oxygens (including phenoxy) is 1.